The van der Waals surface area contributed by atoms with Gasteiger partial charge in [-0.1, -0.05) is 6.42 Å². The Morgan fingerprint density at radius 2 is 1.63 bits per heavy atom. The van der Waals surface area contributed by atoms with Crippen molar-refractivity contribution in [1.29, 1.82) is 0 Å². The number of aromatic nitrogens is 1. The molecule has 30 heavy (non-hydrogen) atoms. The molecule has 1 amide bonds. The van der Waals surface area contributed by atoms with Crippen LogP contribution in [0.2, 0.25) is 0 Å². The predicted octanol–water partition coefficient (Wildman–Crippen LogP) is 2.94. The number of benzene rings is 1. The molecular weight excluding hydrogens is 402 g/mol. The number of sulfonamides is 1. The van der Waals surface area contributed by atoms with Crippen molar-refractivity contribution in [2.75, 3.05) is 26.2 Å². The van der Waals surface area contributed by atoms with E-state index in [0.29, 0.717) is 31.7 Å². The van der Waals surface area contributed by atoms with Crippen LogP contribution in [-0.2, 0) is 10.0 Å². The summed E-state index contributed by atoms with van der Waals surface area (Å²) < 4.78 is 33.1. The predicted molar refractivity (Wildman–Crippen MR) is 113 cm³/mol. The van der Waals surface area contributed by atoms with Crippen molar-refractivity contribution in [3.05, 3.63) is 54.4 Å². The van der Waals surface area contributed by atoms with Gasteiger partial charge in [-0.3, -0.25) is 9.78 Å². The van der Waals surface area contributed by atoms with Crippen molar-refractivity contribution in [3.63, 3.8) is 0 Å². The zero-order valence-electron chi connectivity index (χ0n) is 16.9. The SMILES string of the molecule is O=C(c1ccc(S(=O)(=O)N2CCCCC2)cc1)N1CCC[C@@H](Oc2ccncc2)C1. The van der Waals surface area contributed by atoms with Crippen molar-refractivity contribution >= 4 is 15.9 Å². The zero-order chi connectivity index (χ0) is 21.0. The quantitative estimate of drug-likeness (QED) is 0.730. The first-order valence-corrected chi connectivity index (χ1v) is 11.9. The molecule has 0 aliphatic carbocycles. The van der Waals surface area contributed by atoms with Crippen LogP contribution in [0.3, 0.4) is 0 Å². The van der Waals surface area contributed by atoms with Gasteiger partial charge in [0.05, 0.1) is 11.4 Å². The summed E-state index contributed by atoms with van der Waals surface area (Å²) in [5.74, 6) is 0.650. The molecule has 0 N–H and O–H groups in total. The standard InChI is InChI=1S/C22H27N3O4S/c26-22(24-14-4-5-20(17-24)29-19-10-12-23-13-11-19)18-6-8-21(9-7-18)30(27,28)25-15-2-1-3-16-25/h6-13,20H,1-5,14-17H2/t20-/m1/s1. The number of piperidine rings is 2. The average Bonchev–Trinajstić information content (AvgIpc) is 2.80. The second kappa shape index (κ2) is 9.14. The Morgan fingerprint density at radius 3 is 2.33 bits per heavy atom. The van der Waals surface area contributed by atoms with Gasteiger partial charge >= 0.3 is 0 Å². The lowest BCUT2D eigenvalue weighted by Gasteiger charge is -2.33. The number of hydrogen-bond acceptors (Lipinski definition) is 5. The minimum Gasteiger partial charge on any atom is -0.488 e. The monoisotopic (exact) mass is 429 g/mol. The highest BCUT2D eigenvalue weighted by molar-refractivity contribution is 7.89. The number of ether oxygens (including phenoxy) is 1. The van der Waals surface area contributed by atoms with E-state index in [0.717, 1.165) is 37.9 Å². The van der Waals surface area contributed by atoms with E-state index in [1.165, 1.54) is 0 Å². The Bertz CT molecular complexity index is 958. The van der Waals surface area contributed by atoms with Crippen LogP contribution in [0, 0.1) is 0 Å². The van der Waals surface area contributed by atoms with Gasteiger partial charge in [-0.25, -0.2) is 8.42 Å². The fraction of sp³-hybridized carbons (Fsp3) is 0.455. The molecule has 0 spiro atoms. The highest BCUT2D eigenvalue weighted by Crippen LogP contribution is 2.23. The van der Waals surface area contributed by atoms with Crippen LogP contribution < -0.4 is 4.74 Å². The van der Waals surface area contributed by atoms with Crippen LogP contribution in [0.15, 0.2) is 53.7 Å². The van der Waals surface area contributed by atoms with E-state index < -0.39 is 10.0 Å². The molecule has 160 valence electrons. The number of pyridine rings is 1. The van der Waals surface area contributed by atoms with Gasteiger partial charge in [0.15, 0.2) is 0 Å². The molecule has 0 radical (unpaired) electrons. The van der Waals surface area contributed by atoms with E-state index in [9.17, 15) is 13.2 Å². The molecule has 8 heteroatoms. The topological polar surface area (TPSA) is 79.8 Å². The Kier molecular flexibility index (Phi) is 6.34. The van der Waals surface area contributed by atoms with Gasteiger partial charge in [0.2, 0.25) is 10.0 Å². The lowest BCUT2D eigenvalue weighted by atomic mass is 10.1. The third-order valence-corrected chi connectivity index (χ3v) is 7.58. The van der Waals surface area contributed by atoms with Crippen LogP contribution >= 0.6 is 0 Å². The molecule has 0 saturated carbocycles. The van der Waals surface area contributed by atoms with Gasteiger partial charge in [0, 0.05) is 37.6 Å². The molecule has 3 heterocycles. The molecule has 2 aliphatic heterocycles. The first kappa shape index (κ1) is 20.8. The summed E-state index contributed by atoms with van der Waals surface area (Å²) >= 11 is 0. The van der Waals surface area contributed by atoms with Crippen molar-refractivity contribution in [1.82, 2.24) is 14.2 Å². The van der Waals surface area contributed by atoms with Crippen LogP contribution in [0.5, 0.6) is 5.75 Å². The van der Waals surface area contributed by atoms with Crippen LogP contribution in [0.1, 0.15) is 42.5 Å². The molecule has 1 atom stereocenters. The van der Waals surface area contributed by atoms with Crippen LogP contribution in [0.4, 0.5) is 0 Å². The van der Waals surface area contributed by atoms with E-state index in [1.54, 1.807) is 45.9 Å². The summed E-state index contributed by atoms with van der Waals surface area (Å²) in [5, 5.41) is 0. The smallest absolute Gasteiger partial charge is 0.253 e. The second-order valence-electron chi connectivity index (χ2n) is 7.81. The summed E-state index contributed by atoms with van der Waals surface area (Å²) in [4.78, 5) is 19.0. The lowest BCUT2D eigenvalue weighted by molar-refractivity contribution is 0.0537. The van der Waals surface area contributed by atoms with Crippen molar-refractivity contribution in [2.24, 2.45) is 0 Å². The first-order valence-electron chi connectivity index (χ1n) is 10.5. The number of rotatable bonds is 5. The maximum atomic E-state index is 13.0. The van der Waals surface area contributed by atoms with Crippen LogP contribution in [-0.4, -0.2) is 60.8 Å². The summed E-state index contributed by atoms with van der Waals surface area (Å²) in [7, 11) is -3.49. The van der Waals surface area contributed by atoms with Gasteiger partial charge in [0.25, 0.3) is 5.91 Å². The number of likely N-dealkylation sites (tertiary alicyclic amines) is 1. The van der Waals surface area contributed by atoms with Gasteiger partial charge in [-0.15, -0.1) is 0 Å². The summed E-state index contributed by atoms with van der Waals surface area (Å²) in [6, 6.07) is 9.95. The Hall–Kier alpha value is -2.45. The normalized spacial score (nSPS) is 20.7. The number of carbonyl (C=O) groups excluding carboxylic acids is 1. The molecule has 2 aromatic rings. The molecule has 0 unspecified atom stereocenters. The number of carbonyl (C=O) groups is 1. The molecule has 0 bridgehead atoms. The highest BCUT2D eigenvalue weighted by Gasteiger charge is 2.28. The van der Waals surface area contributed by atoms with E-state index >= 15 is 0 Å². The average molecular weight is 430 g/mol. The summed E-state index contributed by atoms with van der Waals surface area (Å²) in [5.41, 5.74) is 0.497. The van der Waals surface area contributed by atoms with Crippen molar-refractivity contribution in [3.8, 4) is 5.75 Å². The maximum Gasteiger partial charge on any atom is 0.253 e. The summed E-state index contributed by atoms with van der Waals surface area (Å²) in [6.07, 6.45) is 7.91. The fourth-order valence-electron chi connectivity index (χ4n) is 4.03. The second-order valence-corrected chi connectivity index (χ2v) is 9.74. The van der Waals surface area contributed by atoms with Gasteiger partial charge in [-0.05, 0) is 62.1 Å². The van der Waals surface area contributed by atoms with Gasteiger partial charge < -0.3 is 9.64 Å². The zero-order valence-corrected chi connectivity index (χ0v) is 17.8. The first-order chi connectivity index (χ1) is 14.5. The lowest BCUT2D eigenvalue weighted by Crippen LogP contribution is -2.44. The van der Waals surface area contributed by atoms with Crippen molar-refractivity contribution in [2.45, 2.75) is 43.1 Å². The molecule has 7 nitrogen and oxygen atoms in total. The minimum atomic E-state index is -3.49. The Balaban J connectivity index is 1.41. The highest BCUT2D eigenvalue weighted by atomic mass is 32.2. The molecule has 4 rings (SSSR count). The van der Waals surface area contributed by atoms with E-state index in [-0.39, 0.29) is 16.9 Å². The van der Waals surface area contributed by atoms with E-state index in [1.807, 2.05) is 12.1 Å². The summed E-state index contributed by atoms with van der Waals surface area (Å²) in [6.45, 7) is 2.31. The van der Waals surface area contributed by atoms with E-state index in [2.05, 4.69) is 4.98 Å². The Morgan fingerprint density at radius 1 is 0.933 bits per heavy atom. The molecule has 2 saturated heterocycles. The Labute approximate surface area is 177 Å². The minimum absolute atomic E-state index is 0.0659. The number of amides is 1. The molecule has 1 aromatic heterocycles. The van der Waals surface area contributed by atoms with E-state index in [4.69, 9.17) is 4.74 Å². The largest absolute Gasteiger partial charge is 0.488 e. The number of nitrogens with zero attached hydrogens (tertiary/aromatic N) is 3. The fourth-order valence-corrected chi connectivity index (χ4v) is 5.55. The van der Waals surface area contributed by atoms with Gasteiger partial charge in [-0.2, -0.15) is 4.31 Å². The van der Waals surface area contributed by atoms with Crippen LogP contribution in [0.25, 0.3) is 0 Å². The third-order valence-electron chi connectivity index (χ3n) is 5.67. The third kappa shape index (κ3) is 4.65. The number of hydrogen-bond donors (Lipinski definition) is 0. The molecular formula is C22H27N3O4S. The molecule has 1 aromatic carbocycles. The maximum absolute atomic E-state index is 13.0. The molecule has 2 aliphatic rings. The molecule has 2 fully saturated rings. The van der Waals surface area contributed by atoms with Crippen molar-refractivity contribution < 1.29 is 17.9 Å². The van der Waals surface area contributed by atoms with Gasteiger partial charge in [0.1, 0.15) is 11.9 Å².